The lowest BCUT2D eigenvalue weighted by Gasteiger charge is -2.16. The number of thiazole rings is 1. The van der Waals surface area contributed by atoms with Gasteiger partial charge in [0.25, 0.3) is 5.22 Å². The molecule has 1 aliphatic rings. The summed E-state index contributed by atoms with van der Waals surface area (Å²) in [6.07, 6.45) is 0.849. The number of carbonyl (C=O) groups is 1. The molecule has 2 aromatic carbocycles. The maximum absolute atomic E-state index is 12.8. The first-order chi connectivity index (χ1) is 14.7. The molecule has 0 atom stereocenters. The fraction of sp³-hybridized carbons (Fsp3) is 0.182. The van der Waals surface area contributed by atoms with E-state index in [9.17, 15) is 4.79 Å². The lowest BCUT2D eigenvalue weighted by atomic mass is 10.1. The van der Waals surface area contributed by atoms with Crippen LogP contribution in [-0.4, -0.2) is 33.4 Å². The molecule has 1 amide bonds. The number of fused-ring (bicyclic) bond motifs is 1. The quantitative estimate of drug-likeness (QED) is 0.418. The topological polar surface area (TPSA) is 72.1 Å². The minimum Gasteiger partial charge on any atom is -0.411 e. The van der Waals surface area contributed by atoms with Crippen molar-refractivity contribution in [3.05, 3.63) is 64.5 Å². The molecule has 0 saturated carbocycles. The van der Waals surface area contributed by atoms with E-state index in [4.69, 9.17) is 4.42 Å². The maximum Gasteiger partial charge on any atom is 0.277 e. The number of benzene rings is 2. The molecule has 6 nitrogen and oxygen atoms in total. The van der Waals surface area contributed by atoms with Crippen LogP contribution in [0.1, 0.15) is 10.6 Å². The van der Waals surface area contributed by atoms with Crippen molar-refractivity contribution >= 4 is 34.7 Å². The molecule has 1 aliphatic heterocycles. The molecule has 150 valence electrons. The van der Waals surface area contributed by atoms with E-state index in [1.54, 1.807) is 11.3 Å². The van der Waals surface area contributed by atoms with Crippen molar-refractivity contribution in [2.45, 2.75) is 18.6 Å². The Bertz CT molecular complexity index is 1200. The van der Waals surface area contributed by atoms with Crippen molar-refractivity contribution in [1.29, 1.82) is 0 Å². The Morgan fingerprint density at radius 1 is 1.17 bits per heavy atom. The number of nitrogens with zero attached hydrogens (tertiary/aromatic N) is 4. The van der Waals surface area contributed by atoms with Gasteiger partial charge in [0.2, 0.25) is 11.8 Å². The third-order valence-corrected chi connectivity index (χ3v) is 6.51. The van der Waals surface area contributed by atoms with Gasteiger partial charge in [-0.05, 0) is 43.2 Å². The molecular formula is C22H18N4O2S2. The van der Waals surface area contributed by atoms with Gasteiger partial charge in [0, 0.05) is 28.7 Å². The molecule has 0 fully saturated rings. The Morgan fingerprint density at radius 3 is 2.83 bits per heavy atom. The maximum atomic E-state index is 12.8. The summed E-state index contributed by atoms with van der Waals surface area (Å²) < 4.78 is 5.68. The van der Waals surface area contributed by atoms with Gasteiger partial charge in [0.1, 0.15) is 0 Å². The number of aryl methyl sites for hydroxylation is 1. The summed E-state index contributed by atoms with van der Waals surface area (Å²) >= 11 is 2.91. The molecule has 8 heteroatoms. The van der Waals surface area contributed by atoms with E-state index in [0.29, 0.717) is 17.7 Å². The molecular weight excluding hydrogens is 416 g/mol. The standard InChI is InChI=1S/C22H18N4O2S2/c1-14-23-18(12-29-14)16-7-8-19-17(11-16)9-10-26(19)20(27)13-30-22-25-24-21(28-22)15-5-3-2-4-6-15/h2-8,11-12H,9-10,13H2,1H3. The van der Waals surface area contributed by atoms with Gasteiger partial charge in [0.05, 0.1) is 16.5 Å². The Balaban J connectivity index is 1.26. The molecule has 0 radical (unpaired) electrons. The minimum absolute atomic E-state index is 0.0375. The zero-order valence-corrected chi connectivity index (χ0v) is 17.9. The number of thioether (sulfide) groups is 1. The van der Waals surface area contributed by atoms with Crippen LogP contribution >= 0.6 is 23.1 Å². The molecule has 0 bridgehead atoms. The molecule has 3 heterocycles. The number of hydrogen-bond donors (Lipinski definition) is 0. The van der Waals surface area contributed by atoms with Crippen molar-refractivity contribution in [2.24, 2.45) is 0 Å². The van der Waals surface area contributed by atoms with Gasteiger partial charge >= 0.3 is 0 Å². The second kappa shape index (κ2) is 8.04. The summed E-state index contributed by atoms with van der Waals surface area (Å²) in [6, 6.07) is 15.8. The van der Waals surface area contributed by atoms with Gasteiger partial charge < -0.3 is 9.32 Å². The third kappa shape index (κ3) is 3.76. The average molecular weight is 435 g/mol. The van der Waals surface area contributed by atoms with E-state index in [-0.39, 0.29) is 11.7 Å². The summed E-state index contributed by atoms with van der Waals surface area (Å²) in [5.41, 5.74) is 5.11. The molecule has 0 unspecified atom stereocenters. The van der Waals surface area contributed by atoms with E-state index >= 15 is 0 Å². The van der Waals surface area contributed by atoms with Crippen LogP contribution in [-0.2, 0) is 11.2 Å². The van der Waals surface area contributed by atoms with Crippen molar-refractivity contribution in [3.63, 3.8) is 0 Å². The highest BCUT2D eigenvalue weighted by Gasteiger charge is 2.25. The number of rotatable bonds is 5. The zero-order valence-electron chi connectivity index (χ0n) is 16.2. The van der Waals surface area contributed by atoms with Crippen molar-refractivity contribution in [2.75, 3.05) is 17.2 Å². The highest BCUT2D eigenvalue weighted by atomic mass is 32.2. The Kier molecular flexibility index (Phi) is 5.10. The molecule has 0 spiro atoms. The van der Waals surface area contributed by atoms with Gasteiger partial charge in [-0.15, -0.1) is 21.5 Å². The van der Waals surface area contributed by atoms with Crippen molar-refractivity contribution in [3.8, 4) is 22.7 Å². The van der Waals surface area contributed by atoms with Crippen LogP contribution in [0.4, 0.5) is 5.69 Å². The highest BCUT2D eigenvalue weighted by molar-refractivity contribution is 7.99. The lowest BCUT2D eigenvalue weighted by Crippen LogP contribution is -2.30. The van der Waals surface area contributed by atoms with E-state index in [1.165, 1.54) is 17.3 Å². The molecule has 0 aliphatic carbocycles. The second-order valence-corrected chi connectivity index (χ2v) is 8.91. The molecule has 2 aromatic heterocycles. The van der Waals surface area contributed by atoms with Crippen LogP contribution in [0.3, 0.4) is 0 Å². The normalized spacial score (nSPS) is 12.9. The van der Waals surface area contributed by atoms with Crippen LogP contribution in [0, 0.1) is 6.92 Å². The Labute approximate surface area is 182 Å². The lowest BCUT2D eigenvalue weighted by molar-refractivity contribution is -0.116. The van der Waals surface area contributed by atoms with Crippen LogP contribution in [0.5, 0.6) is 0 Å². The minimum atomic E-state index is 0.0375. The van der Waals surface area contributed by atoms with Gasteiger partial charge in [-0.1, -0.05) is 36.0 Å². The second-order valence-electron chi connectivity index (χ2n) is 6.92. The first-order valence-corrected chi connectivity index (χ1v) is 11.4. The Hall–Kier alpha value is -2.97. The fourth-order valence-electron chi connectivity index (χ4n) is 3.48. The van der Waals surface area contributed by atoms with Gasteiger partial charge in [-0.3, -0.25) is 4.79 Å². The number of carbonyl (C=O) groups excluding carboxylic acids is 1. The molecule has 0 saturated heterocycles. The molecule has 0 N–H and O–H groups in total. The molecule has 4 aromatic rings. The van der Waals surface area contributed by atoms with Crippen LogP contribution < -0.4 is 4.90 Å². The monoisotopic (exact) mass is 434 g/mol. The highest BCUT2D eigenvalue weighted by Crippen LogP contribution is 2.33. The third-order valence-electron chi connectivity index (χ3n) is 4.94. The summed E-state index contributed by atoms with van der Waals surface area (Å²) in [6.45, 7) is 2.69. The van der Waals surface area contributed by atoms with Crippen LogP contribution in [0.25, 0.3) is 22.7 Å². The van der Waals surface area contributed by atoms with Gasteiger partial charge in [-0.25, -0.2) is 4.98 Å². The van der Waals surface area contributed by atoms with Gasteiger partial charge in [0.15, 0.2) is 0 Å². The number of amides is 1. The van der Waals surface area contributed by atoms with E-state index in [1.807, 2.05) is 54.3 Å². The number of aromatic nitrogens is 3. The van der Waals surface area contributed by atoms with Crippen LogP contribution in [0.15, 0.2) is 63.6 Å². The van der Waals surface area contributed by atoms with E-state index in [2.05, 4.69) is 26.6 Å². The zero-order chi connectivity index (χ0) is 20.5. The first-order valence-electron chi connectivity index (χ1n) is 9.55. The Morgan fingerprint density at radius 2 is 2.03 bits per heavy atom. The number of anilines is 1. The molecule has 30 heavy (non-hydrogen) atoms. The fourth-order valence-corrected chi connectivity index (χ4v) is 4.74. The summed E-state index contributed by atoms with van der Waals surface area (Å²) in [5, 5.41) is 11.6. The summed E-state index contributed by atoms with van der Waals surface area (Å²) in [7, 11) is 0. The predicted octanol–water partition coefficient (Wildman–Crippen LogP) is 4.85. The van der Waals surface area contributed by atoms with E-state index < -0.39 is 0 Å². The summed E-state index contributed by atoms with van der Waals surface area (Å²) in [5.74, 6) is 0.750. The van der Waals surface area contributed by atoms with Crippen molar-refractivity contribution in [1.82, 2.24) is 15.2 Å². The van der Waals surface area contributed by atoms with Crippen LogP contribution in [0.2, 0.25) is 0 Å². The SMILES string of the molecule is Cc1nc(-c2ccc3c(c2)CCN3C(=O)CSc2nnc(-c3ccccc3)o2)cs1. The smallest absolute Gasteiger partial charge is 0.277 e. The average Bonchev–Trinajstić information content (AvgIpc) is 3.51. The number of hydrogen-bond acceptors (Lipinski definition) is 7. The van der Waals surface area contributed by atoms with Gasteiger partial charge in [-0.2, -0.15) is 0 Å². The van der Waals surface area contributed by atoms with Crippen molar-refractivity contribution < 1.29 is 9.21 Å². The largest absolute Gasteiger partial charge is 0.411 e. The first kappa shape index (κ1) is 19.0. The van der Waals surface area contributed by atoms with E-state index in [0.717, 1.165) is 33.9 Å². The molecule has 5 rings (SSSR count). The predicted molar refractivity (Wildman–Crippen MR) is 119 cm³/mol. The summed E-state index contributed by atoms with van der Waals surface area (Å²) in [4.78, 5) is 19.2.